The highest BCUT2D eigenvalue weighted by Crippen LogP contribution is 2.49. The molecule has 1 saturated heterocycles. The zero-order chi connectivity index (χ0) is 17.8. The molecular formula is C17H22F3NO3S. The van der Waals surface area contributed by atoms with Gasteiger partial charge in [-0.2, -0.15) is 21.6 Å². The van der Waals surface area contributed by atoms with Crippen LogP contribution in [0.2, 0.25) is 0 Å². The number of rotatable bonds is 2. The lowest BCUT2D eigenvalue weighted by Gasteiger charge is -2.44. The first-order valence-electron chi connectivity index (χ1n) is 8.92. The third kappa shape index (κ3) is 3.06. The number of hydrogen-bond acceptors (Lipinski definition) is 4. The molecule has 1 saturated carbocycles. The van der Waals surface area contributed by atoms with Crippen LogP contribution in [-0.2, 0) is 14.3 Å². The summed E-state index contributed by atoms with van der Waals surface area (Å²) >= 11 is 0. The van der Waals surface area contributed by atoms with Crippen LogP contribution in [-0.4, -0.2) is 26.2 Å². The molecule has 4 nitrogen and oxygen atoms in total. The molecule has 0 aromatic heterocycles. The summed E-state index contributed by atoms with van der Waals surface area (Å²) in [6.45, 7) is 0. The van der Waals surface area contributed by atoms with E-state index in [1.807, 2.05) is 0 Å². The Morgan fingerprint density at radius 1 is 1.08 bits per heavy atom. The van der Waals surface area contributed by atoms with Crippen molar-refractivity contribution < 1.29 is 25.8 Å². The van der Waals surface area contributed by atoms with E-state index in [1.165, 1.54) is 24.8 Å². The van der Waals surface area contributed by atoms with Crippen molar-refractivity contribution in [3.63, 3.8) is 0 Å². The molecule has 1 N–H and O–H groups in total. The van der Waals surface area contributed by atoms with Gasteiger partial charge in [0.1, 0.15) is 6.23 Å². The molecular weight excluding hydrogens is 355 g/mol. The molecule has 3 aliphatic carbocycles. The Hall–Kier alpha value is -0.860. The van der Waals surface area contributed by atoms with Crippen molar-refractivity contribution in [2.24, 2.45) is 11.8 Å². The van der Waals surface area contributed by atoms with E-state index in [0.717, 1.165) is 19.3 Å². The third-order valence-electron chi connectivity index (χ3n) is 6.15. The van der Waals surface area contributed by atoms with Crippen molar-refractivity contribution in [1.29, 1.82) is 0 Å². The number of hydrogen-bond donors (Lipinski definition) is 1. The number of allylic oxidation sites excluding steroid dienone is 3. The van der Waals surface area contributed by atoms with Crippen molar-refractivity contribution in [3.8, 4) is 0 Å². The minimum Gasteiger partial charge on any atom is -0.288 e. The first-order valence-corrected chi connectivity index (χ1v) is 10.3. The minimum absolute atomic E-state index is 0.00251. The van der Waals surface area contributed by atoms with Crippen LogP contribution in [0.4, 0.5) is 13.2 Å². The Morgan fingerprint density at radius 3 is 2.64 bits per heavy atom. The summed E-state index contributed by atoms with van der Waals surface area (Å²) < 4.78 is 64.4. The molecule has 0 aromatic rings. The van der Waals surface area contributed by atoms with Crippen molar-refractivity contribution in [1.82, 2.24) is 5.32 Å². The molecule has 0 aromatic carbocycles. The quantitative estimate of drug-likeness (QED) is 0.452. The number of nitrogens with one attached hydrogen (secondary N) is 1. The van der Waals surface area contributed by atoms with Gasteiger partial charge in [0, 0.05) is 12.0 Å². The van der Waals surface area contributed by atoms with Gasteiger partial charge in [0.25, 0.3) is 0 Å². The first kappa shape index (κ1) is 17.5. The van der Waals surface area contributed by atoms with E-state index in [1.54, 1.807) is 11.1 Å². The molecule has 4 aliphatic rings. The van der Waals surface area contributed by atoms with Gasteiger partial charge in [-0.25, -0.2) is 4.18 Å². The Kier molecular flexibility index (Phi) is 4.28. The van der Waals surface area contributed by atoms with Crippen molar-refractivity contribution in [3.05, 3.63) is 22.8 Å². The van der Waals surface area contributed by atoms with E-state index in [4.69, 9.17) is 0 Å². The second kappa shape index (κ2) is 6.09. The monoisotopic (exact) mass is 377 g/mol. The lowest BCUT2D eigenvalue weighted by Crippen LogP contribution is -2.52. The van der Waals surface area contributed by atoms with Gasteiger partial charge in [0.05, 0.1) is 0 Å². The predicted octanol–water partition coefficient (Wildman–Crippen LogP) is 3.77. The first-order chi connectivity index (χ1) is 11.8. The van der Waals surface area contributed by atoms with Crippen LogP contribution in [0, 0.1) is 11.8 Å². The summed E-state index contributed by atoms with van der Waals surface area (Å²) in [6.07, 6.45) is 8.57. The maximum atomic E-state index is 12.5. The largest absolute Gasteiger partial charge is 0.523 e. The highest BCUT2D eigenvalue weighted by Gasteiger charge is 2.50. The third-order valence-corrected chi connectivity index (χ3v) is 7.20. The molecule has 0 radical (unpaired) electrons. The van der Waals surface area contributed by atoms with Gasteiger partial charge in [0.2, 0.25) is 0 Å². The van der Waals surface area contributed by atoms with E-state index in [0.29, 0.717) is 12.3 Å². The van der Waals surface area contributed by atoms with Crippen molar-refractivity contribution >= 4 is 10.1 Å². The van der Waals surface area contributed by atoms with Crippen LogP contribution in [0.1, 0.15) is 51.4 Å². The van der Waals surface area contributed by atoms with Crippen molar-refractivity contribution in [2.75, 3.05) is 0 Å². The summed E-state index contributed by atoms with van der Waals surface area (Å²) in [5, 5.41) is 3.02. The average Bonchev–Trinajstić information content (AvgIpc) is 3.01. The summed E-state index contributed by atoms with van der Waals surface area (Å²) in [5.74, 6) is 0.875. The fourth-order valence-electron chi connectivity index (χ4n) is 5.10. The minimum atomic E-state index is -5.55. The van der Waals surface area contributed by atoms with E-state index in [-0.39, 0.29) is 18.4 Å². The van der Waals surface area contributed by atoms with Gasteiger partial charge < -0.3 is 0 Å². The van der Waals surface area contributed by atoms with Crippen LogP contribution in [0.15, 0.2) is 22.8 Å². The summed E-state index contributed by atoms with van der Waals surface area (Å²) in [4.78, 5) is 0. The Morgan fingerprint density at radius 2 is 1.88 bits per heavy atom. The molecule has 4 unspecified atom stereocenters. The lowest BCUT2D eigenvalue weighted by molar-refractivity contribution is -0.0612. The number of fused-ring (bicyclic) bond motifs is 4. The predicted molar refractivity (Wildman–Crippen MR) is 85.8 cm³/mol. The Bertz CT molecular complexity index is 726. The van der Waals surface area contributed by atoms with Crippen LogP contribution < -0.4 is 5.32 Å². The van der Waals surface area contributed by atoms with Crippen LogP contribution in [0.3, 0.4) is 0 Å². The van der Waals surface area contributed by atoms with E-state index < -0.39 is 21.9 Å². The zero-order valence-electron chi connectivity index (χ0n) is 13.8. The molecule has 25 heavy (non-hydrogen) atoms. The smallest absolute Gasteiger partial charge is 0.288 e. The van der Waals surface area contributed by atoms with Crippen LogP contribution in [0.5, 0.6) is 0 Å². The van der Waals surface area contributed by atoms with E-state index >= 15 is 0 Å². The van der Waals surface area contributed by atoms with Crippen LogP contribution >= 0.6 is 0 Å². The van der Waals surface area contributed by atoms with Gasteiger partial charge in [-0.3, -0.25) is 5.32 Å². The molecule has 0 bridgehead atoms. The van der Waals surface area contributed by atoms with Crippen LogP contribution in [0.25, 0.3) is 0 Å². The normalized spacial score (nSPS) is 35.7. The molecule has 4 atom stereocenters. The van der Waals surface area contributed by atoms with Gasteiger partial charge in [-0.15, -0.1) is 0 Å². The van der Waals surface area contributed by atoms with E-state index in [2.05, 4.69) is 15.6 Å². The average molecular weight is 377 g/mol. The molecule has 1 aliphatic heterocycles. The number of alkyl halides is 3. The second-order valence-corrected chi connectivity index (χ2v) is 9.02. The maximum absolute atomic E-state index is 12.5. The zero-order valence-corrected chi connectivity index (χ0v) is 14.6. The van der Waals surface area contributed by atoms with Crippen molar-refractivity contribution in [2.45, 2.75) is 69.1 Å². The number of halogens is 3. The SMILES string of the molecule is O=S(=O)(OC1CCC2C3=C(CCC2N1)C1CCCC1=CC3)C(F)(F)F. The van der Waals surface area contributed by atoms with E-state index in [9.17, 15) is 21.6 Å². The second-order valence-electron chi connectivity index (χ2n) is 7.46. The van der Waals surface area contributed by atoms with Gasteiger partial charge in [0.15, 0.2) is 0 Å². The highest BCUT2D eigenvalue weighted by molar-refractivity contribution is 7.87. The standard InChI is InChI=1S/C17H22F3NO3S/c18-17(19,20)25(22,23)24-16-9-7-14-13-5-4-10-2-1-3-11(10)12(13)6-8-15(14)21-16/h4,11,14-16,21H,1-3,5-9H2. The molecule has 140 valence electrons. The Balaban J connectivity index is 1.47. The number of piperidine rings is 1. The summed E-state index contributed by atoms with van der Waals surface area (Å²) in [7, 11) is -5.55. The highest BCUT2D eigenvalue weighted by atomic mass is 32.2. The molecule has 4 rings (SSSR count). The maximum Gasteiger partial charge on any atom is 0.523 e. The van der Waals surface area contributed by atoms with Gasteiger partial charge >= 0.3 is 15.6 Å². The lowest BCUT2D eigenvalue weighted by atomic mass is 9.68. The fraction of sp³-hybridized carbons (Fsp3) is 0.765. The fourth-order valence-corrected chi connectivity index (χ4v) is 5.67. The summed E-state index contributed by atoms with van der Waals surface area (Å²) in [6, 6.07) is -0.00251. The Labute approximate surface area is 145 Å². The van der Waals surface area contributed by atoms with Gasteiger partial charge in [-0.05, 0) is 57.3 Å². The molecule has 2 fully saturated rings. The molecule has 1 heterocycles. The molecule has 0 amide bonds. The van der Waals surface area contributed by atoms with Gasteiger partial charge in [-0.1, -0.05) is 22.8 Å². The molecule has 0 spiro atoms. The molecule has 8 heteroatoms. The topological polar surface area (TPSA) is 55.4 Å². The summed E-state index contributed by atoms with van der Waals surface area (Å²) in [5.41, 5.74) is -0.809.